The van der Waals surface area contributed by atoms with E-state index in [1.807, 2.05) is 42.5 Å². The number of carbonyl (C=O) groups excluding carboxylic acids is 1. The number of hydrogen-bond acceptors (Lipinski definition) is 5. The number of carboxylic acids is 1. The molecule has 33 heavy (non-hydrogen) atoms. The van der Waals surface area contributed by atoms with Crippen LogP contribution >= 0.6 is 35.6 Å². The molecule has 1 N–H and O–H groups in total. The number of furan rings is 1. The molecule has 1 fully saturated rings. The molecule has 162 valence electrons. The van der Waals surface area contributed by atoms with E-state index in [1.54, 1.807) is 24.3 Å². The zero-order chi connectivity index (χ0) is 23.1. The first-order valence-corrected chi connectivity index (χ1v) is 11.4. The van der Waals surface area contributed by atoms with Crippen molar-refractivity contribution < 1.29 is 19.1 Å². The third kappa shape index (κ3) is 3.95. The Morgan fingerprint density at radius 1 is 1.06 bits per heavy atom. The molecule has 5 nitrogen and oxygen atoms in total. The van der Waals surface area contributed by atoms with Crippen LogP contribution in [-0.2, 0) is 4.79 Å². The van der Waals surface area contributed by atoms with Gasteiger partial charge in [-0.2, -0.15) is 0 Å². The summed E-state index contributed by atoms with van der Waals surface area (Å²) in [5.41, 5.74) is 1.30. The van der Waals surface area contributed by atoms with E-state index >= 15 is 0 Å². The van der Waals surface area contributed by atoms with Crippen LogP contribution < -0.4 is 4.90 Å². The summed E-state index contributed by atoms with van der Waals surface area (Å²) in [5.74, 6) is -0.426. The molecular weight excluding hydrogens is 478 g/mol. The van der Waals surface area contributed by atoms with Gasteiger partial charge in [0.1, 0.15) is 11.5 Å². The lowest BCUT2D eigenvalue weighted by atomic mass is 10.1. The molecule has 2 heterocycles. The maximum Gasteiger partial charge on any atom is 0.337 e. The zero-order valence-corrected chi connectivity index (χ0v) is 19.2. The Kier molecular flexibility index (Phi) is 5.54. The van der Waals surface area contributed by atoms with Gasteiger partial charge in [-0.1, -0.05) is 72.0 Å². The van der Waals surface area contributed by atoms with Crippen LogP contribution in [0.15, 0.2) is 82.1 Å². The molecule has 0 radical (unpaired) electrons. The number of hydrogen-bond donors (Lipinski definition) is 1. The number of benzene rings is 3. The van der Waals surface area contributed by atoms with Crippen molar-refractivity contribution in [3.8, 4) is 11.3 Å². The summed E-state index contributed by atoms with van der Waals surface area (Å²) in [6.45, 7) is 0. The molecule has 4 aromatic rings. The predicted molar refractivity (Wildman–Crippen MR) is 136 cm³/mol. The average molecular weight is 492 g/mol. The minimum atomic E-state index is -1.12. The van der Waals surface area contributed by atoms with Crippen molar-refractivity contribution in [1.82, 2.24) is 0 Å². The summed E-state index contributed by atoms with van der Waals surface area (Å²) in [4.78, 5) is 26.6. The number of rotatable bonds is 4. The molecule has 1 aliphatic rings. The van der Waals surface area contributed by atoms with Gasteiger partial charge < -0.3 is 9.52 Å². The van der Waals surface area contributed by atoms with E-state index in [-0.39, 0.29) is 16.5 Å². The number of fused-ring (bicyclic) bond motifs is 1. The van der Waals surface area contributed by atoms with Gasteiger partial charge in [-0.25, -0.2) is 4.79 Å². The molecule has 0 aliphatic carbocycles. The molecule has 0 saturated carbocycles. The number of nitrogens with zero attached hydrogens (tertiary/aromatic N) is 1. The summed E-state index contributed by atoms with van der Waals surface area (Å²) in [7, 11) is 0. The first kappa shape index (κ1) is 21.5. The van der Waals surface area contributed by atoms with Gasteiger partial charge in [0.15, 0.2) is 4.32 Å². The Bertz CT molecular complexity index is 1490. The maximum absolute atomic E-state index is 13.2. The molecular formula is C25H14ClNO4S2. The van der Waals surface area contributed by atoms with Crippen LogP contribution in [0.5, 0.6) is 0 Å². The topological polar surface area (TPSA) is 70.8 Å². The summed E-state index contributed by atoms with van der Waals surface area (Å²) < 4.78 is 6.30. The summed E-state index contributed by atoms with van der Waals surface area (Å²) in [5, 5.41) is 11.4. The van der Waals surface area contributed by atoms with Gasteiger partial charge in [0.25, 0.3) is 5.91 Å². The van der Waals surface area contributed by atoms with Crippen LogP contribution in [0.3, 0.4) is 0 Å². The smallest absolute Gasteiger partial charge is 0.337 e. The van der Waals surface area contributed by atoms with Crippen LogP contribution in [0.2, 0.25) is 5.02 Å². The van der Waals surface area contributed by atoms with Crippen LogP contribution in [0.25, 0.3) is 28.2 Å². The fourth-order valence-corrected chi connectivity index (χ4v) is 5.10. The highest BCUT2D eigenvalue weighted by Gasteiger charge is 2.34. The number of thiocarbonyl (C=S) groups is 1. The zero-order valence-electron chi connectivity index (χ0n) is 16.8. The third-order valence-electron chi connectivity index (χ3n) is 5.18. The van der Waals surface area contributed by atoms with Gasteiger partial charge in [-0.15, -0.1) is 0 Å². The number of carbonyl (C=O) groups is 2. The number of thioether (sulfide) groups is 1. The summed E-state index contributed by atoms with van der Waals surface area (Å²) >= 11 is 12.7. The largest absolute Gasteiger partial charge is 0.478 e. The fraction of sp³-hybridized carbons (Fsp3) is 0. The predicted octanol–water partition coefficient (Wildman–Crippen LogP) is 6.86. The number of amides is 1. The summed E-state index contributed by atoms with van der Waals surface area (Å²) in [6, 6.07) is 21.7. The molecule has 8 heteroatoms. The Balaban J connectivity index is 1.46. The molecule has 1 aliphatic heterocycles. The van der Waals surface area contributed by atoms with Crippen molar-refractivity contribution in [2.75, 3.05) is 4.90 Å². The average Bonchev–Trinajstić information content (AvgIpc) is 3.38. The van der Waals surface area contributed by atoms with E-state index in [9.17, 15) is 14.7 Å². The monoisotopic (exact) mass is 491 g/mol. The van der Waals surface area contributed by atoms with Gasteiger partial charge >= 0.3 is 5.97 Å². The Labute approximate surface area is 203 Å². The van der Waals surface area contributed by atoms with E-state index in [0.717, 1.165) is 16.5 Å². The van der Waals surface area contributed by atoms with Gasteiger partial charge in [0, 0.05) is 17.0 Å². The van der Waals surface area contributed by atoms with E-state index in [1.165, 1.54) is 28.8 Å². The first-order chi connectivity index (χ1) is 15.9. The van der Waals surface area contributed by atoms with Crippen molar-refractivity contribution in [2.24, 2.45) is 0 Å². The second-order valence-electron chi connectivity index (χ2n) is 7.22. The van der Waals surface area contributed by atoms with E-state index in [0.29, 0.717) is 26.3 Å². The Morgan fingerprint density at radius 3 is 2.67 bits per heavy atom. The van der Waals surface area contributed by atoms with Crippen LogP contribution in [0, 0.1) is 0 Å². The molecule has 0 bridgehead atoms. The maximum atomic E-state index is 13.2. The first-order valence-electron chi connectivity index (χ1n) is 9.81. The molecule has 0 spiro atoms. The number of carboxylic acid groups (broad SMARTS) is 1. The van der Waals surface area contributed by atoms with Crippen molar-refractivity contribution in [3.05, 3.63) is 94.0 Å². The standard InChI is InChI=1S/C25H14ClNO4S2/c26-19-10-8-15(12-18(19)24(29)30)21-11-9-16(31-21)13-22-23(28)27(25(32)33-22)20-7-3-5-14-4-1-2-6-17(14)20/h1-13H,(H,29,30)/b22-13+. The molecule has 3 aromatic carbocycles. The van der Waals surface area contributed by atoms with Crippen LogP contribution in [-0.4, -0.2) is 21.3 Å². The highest BCUT2D eigenvalue weighted by molar-refractivity contribution is 8.27. The summed E-state index contributed by atoms with van der Waals surface area (Å²) in [6.07, 6.45) is 1.64. The lowest BCUT2D eigenvalue weighted by Crippen LogP contribution is -2.27. The van der Waals surface area contributed by atoms with E-state index in [4.69, 9.17) is 28.2 Å². The molecule has 1 saturated heterocycles. The lowest BCUT2D eigenvalue weighted by molar-refractivity contribution is -0.113. The van der Waals surface area contributed by atoms with Gasteiger partial charge in [0.05, 0.1) is 21.2 Å². The van der Waals surface area contributed by atoms with Gasteiger partial charge in [-0.3, -0.25) is 9.69 Å². The molecule has 0 unspecified atom stereocenters. The van der Waals surface area contributed by atoms with Crippen molar-refractivity contribution in [1.29, 1.82) is 0 Å². The lowest BCUT2D eigenvalue weighted by Gasteiger charge is -2.17. The number of halogens is 1. The number of anilines is 1. The highest BCUT2D eigenvalue weighted by atomic mass is 35.5. The number of aromatic carboxylic acids is 1. The van der Waals surface area contributed by atoms with E-state index < -0.39 is 5.97 Å². The SMILES string of the molecule is O=C(O)c1cc(-c2ccc(/C=C3/SC(=S)N(c4cccc5ccccc45)C3=O)o2)ccc1Cl. The van der Waals surface area contributed by atoms with E-state index in [2.05, 4.69) is 0 Å². The second kappa shape index (κ2) is 8.51. The highest BCUT2D eigenvalue weighted by Crippen LogP contribution is 2.39. The Morgan fingerprint density at radius 2 is 1.85 bits per heavy atom. The normalized spacial score (nSPS) is 15.1. The minimum absolute atomic E-state index is 0.0110. The molecule has 5 rings (SSSR count). The molecule has 1 aromatic heterocycles. The third-order valence-corrected chi connectivity index (χ3v) is 6.81. The fourth-order valence-electron chi connectivity index (χ4n) is 3.64. The van der Waals surface area contributed by atoms with Crippen molar-refractivity contribution >= 4 is 74.3 Å². The molecule has 1 amide bonds. The van der Waals surface area contributed by atoms with Crippen LogP contribution in [0.4, 0.5) is 5.69 Å². The minimum Gasteiger partial charge on any atom is -0.478 e. The van der Waals surface area contributed by atoms with Crippen LogP contribution in [0.1, 0.15) is 16.1 Å². The second-order valence-corrected chi connectivity index (χ2v) is 9.30. The molecule has 0 atom stereocenters. The van der Waals surface area contributed by atoms with Crippen molar-refractivity contribution in [3.63, 3.8) is 0 Å². The van der Waals surface area contributed by atoms with Gasteiger partial charge in [-0.05, 0) is 41.8 Å². The quantitative estimate of drug-likeness (QED) is 0.248. The van der Waals surface area contributed by atoms with Crippen molar-refractivity contribution in [2.45, 2.75) is 0 Å². The Hall–Kier alpha value is -3.39. The van der Waals surface area contributed by atoms with Gasteiger partial charge in [0.2, 0.25) is 0 Å².